The summed E-state index contributed by atoms with van der Waals surface area (Å²) in [6, 6.07) is 4.46. The van der Waals surface area contributed by atoms with Crippen molar-refractivity contribution in [1.29, 1.82) is 0 Å². The molecule has 0 bridgehead atoms. The van der Waals surface area contributed by atoms with Gasteiger partial charge in [-0.25, -0.2) is 20.2 Å². The van der Waals surface area contributed by atoms with Gasteiger partial charge in [0.2, 0.25) is 0 Å². The van der Waals surface area contributed by atoms with Crippen molar-refractivity contribution in [3.8, 4) is 11.4 Å². The molecule has 0 amide bonds. The number of fused-ring (bicyclic) bond motifs is 1. The topological polar surface area (TPSA) is 63.8 Å². The van der Waals surface area contributed by atoms with Gasteiger partial charge in [-0.05, 0) is 37.5 Å². The zero-order chi connectivity index (χ0) is 13.4. The molecule has 6 heteroatoms. The number of nitrogen functional groups attached to an aromatic ring is 1. The minimum Gasteiger partial charge on any atom is -0.308 e. The van der Waals surface area contributed by atoms with Crippen molar-refractivity contribution in [2.24, 2.45) is 5.84 Å². The Hall–Kier alpha value is -1.53. The molecule has 0 fully saturated rings. The maximum absolute atomic E-state index is 13.4. The lowest BCUT2D eigenvalue weighted by Gasteiger charge is -2.10. The molecule has 3 N–H and O–H groups in total. The molecule has 1 aliphatic carbocycles. The van der Waals surface area contributed by atoms with Crippen molar-refractivity contribution in [2.75, 3.05) is 5.43 Å². The number of halogens is 2. The largest absolute Gasteiger partial charge is 0.308 e. The second-order valence-corrected chi connectivity index (χ2v) is 5.30. The Balaban J connectivity index is 2.18. The SMILES string of the molecule is NNc1nc(-c2cc(F)ccc2Br)nc2c1CCC2. The number of hydrogen-bond donors (Lipinski definition) is 2. The van der Waals surface area contributed by atoms with Gasteiger partial charge in [-0.1, -0.05) is 15.9 Å². The summed E-state index contributed by atoms with van der Waals surface area (Å²) in [5, 5.41) is 0. The van der Waals surface area contributed by atoms with Gasteiger partial charge < -0.3 is 5.43 Å². The summed E-state index contributed by atoms with van der Waals surface area (Å²) >= 11 is 3.40. The fourth-order valence-electron chi connectivity index (χ4n) is 2.34. The van der Waals surface area contributed by atoms with Crippen molar-refractivity contribution in [2.45, 2.75) is 19.3 Å². The van der Waals surface area contributed by atoms with Gasteiger partial charge in [0, 0.05) is 21.3 Å². The predicted molar refractivity (Wildman–Crippen MR) is 75.0 cm³/mol. The summed E-state index contributed by atoms with van der Waals surface area (Å²) in [6.07, 6.45) is 2.89. The van der Waals surface area contributed by atoms with E-state index in [4.69, 9.17) is 5.84 Å². The number of anilines is 1. The van der Waals surface area contributed by atoms with E-state index < -0.39 is 0 Å². The average molecular weight is 323 g/mol. The zero-order valence-corrected chi connectivity index (χ0v) is 11.7. The first-order valence-corrected chi connectivity index (χ1v) is 6.80. The van der Waals surface area contributed by atoms with Crippen LogP contribution in [0.4, 0.5) is 10.2 Å². The number of nitrogens with zero attached hydrogens (tertiary/aromatic N) is 2. The number of hydrazine groups is 1. The van der Waals surface area contributed by atoms with Crippen LogP contribution in [0.2, 0.25) is 0 Å². The molecule has 0 saturated heterocycles. The second-order valence-electron chi connectivity index (χ2n) is 4.44. The predicted octanol–water partition coefficient (Wildman–Crippen LogP) is 2.82. The van der Waals surface area contributed by atoms with Gasteiger partial charge in [0.1, 0.15) is 11.6 Å². The quantitative estimate of drug-likeness (QED) is 0.659. The van der Waals surface area contributed by atoms with Crippen LogP contribution in [0.3, 0.4) is 0 Å². The fourth-order valence-corrected chi connectivity index (χ4v) is 2.77. The van der Waals surface area contributed by atoms with E-state index in [1.165, 1.54) is 12.1 Å². The van der Waals surface area contributed by atoms with Gasteiger partial charge in [0.15, 0.2) is 5.82 Å². The van der Waals surface area contributed by atoms with Crippen LogP contribution in [0.25, 0.3) is 11.4 Å². The van der Waals surface area contributed by atoms with Crippen LogP contribution in [-0.4, -0.2) is 9.97 Å². The molecule has 4 nitrogen and oxygen atoms in total. The number of aromatic nitrogens is 2. The van der Waals surface area contributed by atoms with E-state index >= 15 is 0 Å². The standard InChI is InChI=1S/C13H12BrFN4/c14-10-5-4-7(15)6-9(10)12-17-11-3-1-2-8(11)13(18-12)19-16/h4-6H,1-3,16H2,(H,17,18,19). The number of aryl methyl sites for hydroxylation is 1. The Morgan fingerprint density at radius 3 is 2.89 bits per heavy atom. The molecule has 0 unspecified atom stereocenters. The van der Waals surface area contributed by atoms with E-state index in [2.05, 4.69) is 31.3 Å². The van der Waals surface area contributed by atoms with Crippen LogP contribution >= 0.6 is 15.9 Å². The molecule has 3 rings (SSSR count). The van der Waals surface area contributed by atoms with Gasteiger partial charge in [-0.2, -0.15) is 0 Å². The van der Waals surface area contributed by atoms with Crippen molar-refractivity contribution in [1.82, 2.24) is 9.97 Å². The number of benzene rings is 1. The lowest BCUT2D eigenvalue weighted by atomic mass is 10.2. The molecule has 0 spiro atoms. The number of hydrogen-bond acceptors (Lipinski definition) is 4. The van der Waals surface area contributed by atoms with Crippen LogP contribution in [-0.2, 0) is 12.8 Å². The monoisotopic (exact) mass is 322 g/mol. The lowest BCUT2D eigenvalue weighted by molar-refractivity contribution is 0.628. The molecular formula is C13H12BrFN4. The highest BCUT2D eigenvalue weighted by molar-refractivity contribution is 9.10. The van der Waals surface area contributed by atoms with Crippen molar-refractivity contribution in [3.05, 3.63) is 39.7 Å². The lowest BCUT2D eigenvalue weighted by Crippen LogP contribution is -2.13. The molecule has 1 aliphatic rings. The highest BCUT2D eigenvalue weighted by Gasteiger charge is 2.20. The molecular weight excluding hydrogens is 311 g/mol. The van der Waals surface area contributed by atoms with Crippen molar-refractivity contribution >= 4 is 21.7 Å². The molecule has 1 heterocycles. The molecule has 0 radical (unpaired) electrons. The van der Waals surface area contributed by atoms with E-state index in [1.807, 2.05) is 0 Å². The van der Waals surface area contributed by atoms with E-state index in [1.54, 1.807) is 6.07 Å². The van der Waals surface area contributed by atoms with Crippen LogP contribution in [0, 0.1) is 5.82 Å². The summed E-state index contributed by atoms with van der Waals surface area (Å²) in [5.74, 6) is 6.32. The minimum absolute atomic E-state index is 0.315. The third-order valence-electron chi connectivity index (χ3n) is 3.24. The molecule has 1 aromatic heterocycles. The summed E-state index contributed by atoms with van der Waals surface area (Å²) in [7, 11) is 0. The highest BCUT2D eigenvalue weighted by Crippen LogP contribution is 2.31. The maximum Gasteiger partial charge on any atom is 0.163 e. The summed E-state index contributed by atoms with van der Waals surface area (Å²) in [6.45, 7) is 0. The van der Waals surface area contributed by atoms with E-state index in [0.717, 1.165) is 35.0 Å². The van der Waals surface area contributed by atoms with E-state index in [-0.39, 0.29) is 5.82 Å². The molecule has 98 valence electrons. The highest BCUT2D eigenvalue weighted by atomic mass is 79.9. The normalized spacial score (nSPS) is 13.4. The first kappa shape index (κ1) is 12.5. The van der Waals surface area contributed by atoms with Gasteiger partial charge in [-0.3, -0.25) is 0 Å². The number of nitrogens with one attached hydrogen (secondary N) is 1. The number of nitrogens with two attached hydrogens (primary N) is 1. The summed E-state index contributed by atoms with van der Waals surface area (Å²) in [4.78, 5) is 8.92. The van der Waals surface area contributed by atoms with Crippen LogP contribution < -0.4 is 11.3 Å². The Morgan fingerprint density at radius 1 is 1.26 bits per heavy atom. The molecule has 0 aliphatic heterocycles. The molecule has 0 saturated carbocycles. The summed E-state index contributed by atoms with van der Waals surface area (Å²) < 4.78 is 14.1. The Morgan fingerprint density at radius 2 is 2.11 bits per heavy atom. The Labute approximate surface area is 118 Å². The average Bonchev–Trinajstić information content (AvgIpc) is 2.88. The smallest absolute Gasteiger partial charge is 0.163 e. The van der Waals surface area contributed by atoms with Gasteiger partial charge >= 0.3 is 0 Å². The van der Waals surface area contributed by atoms with E-state index in [0.29, 0.717) is 17.2 Å². The zero-order valence-electron chi connectivity index (χ0n) is 10.1. The molecule has 1 aromatic carbocycles. The first-order chi connectivity index (χ1) is 9.19. The Kier molecular flexibility index (Phi) is 3.20. The molecule has 2 aromatic rings. The van der Waals surface area contributed by atoms with Crippen LogP contribution in [0.1, 0.15) is 17.7 Å². The van der Waals surface area contributed by atoms with E-state index in [9.17, 15) is 4.39 Å². The van der Waals surface area contributed by atoms with Gasteiger partial charge in [-0.15, -0.1) is 0 Å². The van der Waals surface area contributed by atoms with Crippen LogP contribution in [0.15, 0.2) is 22.7 Å². The van der Waals surface area contributed by atoms with Crippen molar-refractivity contribution in [3.63, 3.8) is 0 Å². The van der Waals surface area contributed by atoms with Crippen molar-refractivity contribution < 1.29 is 4.39 Å². The third-order valence-corrected chi connectivity index (χ3v) is 3.93. The fraction of sp³-hybridized carbons (Fsp3) is 0.231. The van der Waals surface area contributed by atoms with Gasteiger partial charge in [0.25, 0.3) is 0 Å². The Bertz CT molecular complexity index is 645. The second kappa shape index (κ2) is 4.86. The molecule has 19 heavy (non-hydrogen) atoms. The first-order valence-electron chi connectivity index (χ1n) is 6.01. The van der Waals surface area contributed by atoms with Gasteiger partial charge in [0.05, 0.1) is 0 Å². The summed E-state index contributed by atoms with van der Waals surface area (Å²) in [5.41, 5.74) is 5.30. The minimum atomic E-state index is -0.315. The third kappa shape index (κ3) is 2.21. The number of rotatable bonds is 2. The maximum atomic E-state index is 13.4. The van der Waals surface area contributed by atoms with Crippen LogP contribution in [0.5, 0.6) is 0 Å². The molecule has 0 atom stereocenters.